The van der Waals surface area contributed by atoms with Crippen LogP contribution in [0.1, 0.15) is 5.56 Å². The highest BCUT2D eigenvalue weighted by Gasteiger charge is 2.33. The molecule has 2 aromatic carbocycles. The van der Waals surface area contributed by atoms with Gasteiger partial charge < -0.3 is 4.74 Å². The summed E-state index contributed by atoms with van der Waals surface area (Å²) in [7, 11) is 0. The normalized spacial score (nSPS) is 15.2. The highest BCUT2D eigenvalue weighted by molar-refractivity contribution is 9.10. The third kappa shape index (κ3) is 4.32. The summed E-state index contributed by atoms with van der Waals surface area (Å²) in [5.74, 6) is 0.321. The maximum atomic E-state index is 12.9. The third-order valence-electron chi connectivity index (χ3n) is 3.73. The van der Waals surface area contributed by atoms with E-state index in [1.807, 2.05) is 12.1 Å². The molecule has 0 spiro atoms. The number of benzene rings is 2. The Hall–Kier alpha value is -2.49. The first-order chi connectivity index (χ1) is 13.4. The molecule has 0 aliphatic carbocycles. The first kappa shape index (κ1) is 20.2. The molecule has 6 nitrogen and oxygen atoms in total. The minimum atomic E-state index is -0.494. The van der Waals surface area contributed by atoms with Gasteiger partial charge in [-0.1, -0.05) is 52.6 Å². The number of thioether (sulfide) groups is 1. The number of amides is 1. The van der Waals surface area contributed by atoms with E-state index < -0.39 is 4.92 Å². The van der Waals surface area contributed by atoms with Gasteiger partial charge in [-0.25, -0.2) is 0 Å². The molecule has 1 fully saturated rings. The fourth-order valence-electron chi connectivity index (χ4n) is 2.47. The lowest BCUT2D eigenvalue weighted by Crippen LogP contribution is -2.27. The molecule has 1 aliphatic heterocycles. The number of hydrogen-bond donors (Lipinski definition) is 0. The van der Waals surface area contributed by atoms with Crippen LogP contribution in [0.15, 0.2) is 64.5 Å². The van der Waals surface area contributed by atoms with E-state index in [1.54, 1.807) is 18.2 Å². The topological polar surface area (TPSA) is 72.7 Å². The molecule has 1 amide bonds. The number of ether oxygens (including phenoxy) is 1. The molecule has 0 radical (unpaired) electrons. The molecule has 0 atom stereocenters. The van der Waals surface area contributed by atoms with E-state index >= 15 is 0 Å². The van der Waals surface area contributed by atoms with Crippen molar-refractivity contribution in [2.24, 2.45) is 0 Å². The lowest BCUT2D eigenvalue weighted by atomic mass is 10.2. The molecular weight excluding hydrogens is 464 g/mol. The van der Waals surface area contributed by atoms with Crippen LogP contribution in [-0.2, 0) is 4.79 Å². The monoisotopic (exact) mass is 476 g/mol. The van der Waals surface area contributed by atoms with Crippen LogP contribution in [0.5, 0.6) is 5.75 Å². The number of nitrogens with zero attached hydrogens (tertiary/aromatic N) is 2. The van der Waals surface area contributed by atoms with Gasteiger partial charge in [-0.2, -0.15) is 0 Å². The number of carbonyl (C=O) groups is 1. The van der Waals surface area contributed by atoms with Crippen LogP contribution in [0.4, 0.5) is 11.4 Å². The summed E-state index contributed by atoms with van der Waals surface area (Å²) in [6.07, 6.45) is 3.35. The Bertz CT molecular complexity index is 1010. The Labute approximate surface area is 179 Å². The first-order valence-electron chi connectivity index (χ1n) is 7.96. The van der Waals surface area contributed by atoms with E-state index in [0.717, 1.165) is 21.8 Å². The lowest BCUT2D eigenvalue weighted by molar-refractivity contribution is -0.384. The Morgan fingerprint density at radius 2 is 2.00 bits per heavy atom. The lowest BCUT2D eigenvalue weighted by Gasteiger charge is -2.14. The van der Waals surface area contributed by atoms with Gasteiger partial charge in [0, 0.05) is 22.2 Å². The van der Waals surface area contributed by atoms with Gasteiger partial charge in [0.1, 0.15) is 12.4 Å². The van der Waals surface area contributed by atoms with Gasteiger partial charge in [-0.3, -0.25) is 19.8 Å². The third-order valence-corrected chi connectivity index (χ3v) is 5.52. The molecule has 3 rings (SSSR count). The second kappa shape index (κ2) is 8.68. The average Bonchev–Trinajstić information content (AvgIpc) is 2.94. The van der Waals surface area contributed by atoms with Gasteiger partial charge in [0.2, 0.25) is 0 Å². The number of nitro groups is 1. The van der Waals surface area contributed by atoms with Crippen molar-refractivity contribution in [2.45, 2.75) is 0 Å². The van der Waals surface area contributed by atoms with Gasteiger partial charge in [0.25, 0.3) is 11.6 Å². The van der Waals surface area contributed by atoms with Crippen LogP contribution in [0, 0.1) is 10.1 Å². The largest absolute Gasteiger partial charge is 0.489 e. The van der Waals surface area contributed by atoms with Crippen molar-refractivity contribution in [1.29, 1.82) is 0 Å². The maximum absolute atomic E-state index is 12.9. The SMILES string of the molecule is C=CCOc1ccc(Br)cc1/C=C1\SC(=S)N(c2ccc([N+](=O)[O-])cc2)C1=O. The van der Waals surface area contributed by atoms with E-state index in [-0.39, 0.29) is 11.6 Å². The van der Waals surface area contributed by atoms with E-state index in [1.165, 1.54) is 29.2 Å². The number of non-ortho nitro benzene ring substituents is 1. The number of carbonyl (C=O) groups excluding carboxylic acids is 1. The second-order valence-electron chi connectivity index (χ2n) is 5.57. The summed E-state index contributed by atoms with van der Waals surface area (Å²) in [4.78, 5) is 25.0. The van der Waals surface area contributed by atoms with E-state index in [0.29, 0.717) is 27.3 Å². The van der Waals surface area contributed by atoms with Crippen LogP contribution in [0.25, 0.3) is 6.08 Å². The molecule has 1 saturated heterocycles. The molecule has 0 bridgehead atoms. The van der Waals surface area contributed by atoms with Gasteiger partial charge in [0.15, 0.2) is 4.32 Å². The molecule has 28 heavy (non-hydrogen) atoms. The standard InChI is InChI=1S/C19H13BrN2O4S2/c1-2-9-26-16-8-3-13(20)10-12(16)11-17-18(23)21(19(27)28-17)14-4-6-15(7-5-14)22(24)25/h2-8,10-11H,1,9H2/b17-11-. The number of rotatable bonds is 6. The average molecular weight is 477 g/mol. The highest BCUT2D eigenvalue weighted by Crippen LogP contribution is 2.38. The minimum Gasteiger partial charge on any atom is -0.489 e. The predicted molar refractivity (Wildman–Crippen MR) is 119 cm³/mol. The van der Waals surface area contributed by atoms with Crippen molar-refractivity contribution >= 4 is 67.6 Å². The van der Waals surface area contributed by atoms with Crippen LogP contribution < -0.4 is 9.64 Å². The fourth-order valence-corrected chi connectivity index (χ4v) is 4.14. The summed E-state index contributed by atoms with van der Waals surface area (Å²) in [5, 5.41) is 10.8. The quantitative estimate of drug-likeness (QED) is 0.184. The molecule has 0 aromatic heterocycles. The number of thiocarbonyl (C=S) groups is 1. The molecule has 2 aromatic rings. The van der Waals surface area contributed by atoms with E-state index in [4.69, 9.17) is 17.0 Å². The Morgan fingerprint density at radius 1 is 1.29 bits per heavy atom. The zero-order valence-corrected chi connectivity index (χ0v) is 17.6. The van der Waals surface area contributed by atoms with Gasteiger partial charge in [0.05, 0.1) is 15.5 Å². The van der Waals surface area contributed by atoms with Crippen molar-refractivity contribution in [3.8, 4) is 5.75 Å². The molecule has 9 heteroatoms. The van der Waals surface area contributed by atoms with Crippen molar-refractivity contribution in [2.75, 3.05) is 11.5 Å². The van der Waals surface area contributed by atoms with Crippen LogP contribution in [-0.4, -0.2) is 21.8 Å². The van der Waals surface area contributed by atoms with Crippen LogP contribution >= 0.6 is 39.9 Å². The molecular formula is C19H13BrN2O4S2. The summed E-state index contributed by atoms with van der Waals surface area (Å²) >= 11 is 9.93. The molecule has 142 valence electrons. The van der Waals surface area contributed by atoms with Gasteiger partial charge in [-0.05, 0) is 36.4 Å². The van der Waals surface area contributed by atoms with Crippen molar-refractivity contribution in [1.82, 2.24) is 0 Å². The smallest absolute Gasteiger partial charge is 0.270 e. The van der Waals surface area contributed by atoms with Crippen molar-refractivity contribution in [3.63, 3.8) is 0 Å². The second-order valence-corrected chi connectivity index (χ2v) is 8.16. The fraction of sp³-hybridized carbons (Fsp3) is 0.0526. The van der Waals surface area contributed by atoms with Crippen molar-refractivity contribution in [3.05, 3.63) is 80.2 Å². The molecule has 0 unspecified atom stereocenters. The van der Waals surface area contributed by atoms with E-state index in [2.05, 4.69) is 22.5 Å². The number of halogens is 1. The van der Waals surface area contributed by atoms with E-state index in [9.17, 15) is 14.9 Å². The zero-order chi connectivity index (χ0) is 20.3. The van der Waals surface area contributed by atoms with Crippen molar-refractivity contribution < 1.29 is 14.5 Å². The number of hydrogen-bond acceptors (Lipinski definition) is 6. The number of nitro benzene ring substituents is 1. The Morgan fingerprint density at radius 3 is 2.64 bits per heavy atom. The van der Waals surface area contributed by atoms with Crippen LogP contribution in [0.2, 0.25) is 0 Å². The Balaban J connectivity index is 1.92. The molecule has 0 saturated carbocycles. The first-order valence-corrected chi connectivity index (χ1v) is 9.98. The molecule has 1 aliphatic rings. The van der Waals surface area contributed by atoms with Gasteiger partial charge >= 0.3 is 0 Å². The highest BCUT2D eigenvalue weighted by atomic mass is 79.9. The summed E-state index contributed by atoms with van der Waals surface area (Å²) < 4.78 is 6.84. The maximum Gasteiger partial charge on any atom is 0.270 e. The van der Waals surface area contributed by atoms with Crippen LogP contribution in [0.3, 0.4) is 0 Å². The molecule has 0 N–H and O–H groups in total. The minimum absolute atomic E-state index is 0.0529. The summed E-state index contributed by atoms with van der Waals surface area (Å²) in [6.45, 7) is 3.97. The zero-order valence-electron chi connectivity index (χ0n) is 14.3. The molecule has 1 heterocycles. The Kier molecular flexibility index (Phi) is 6.28. The summed E-state index contributed by atoms with van der Waals surface area (Å²) in [5.41, 5.74) is 1.15. The number of anilines is 1. The summed E-state index contributed by atoms with van der Waals surface area (Å²) in [6, 6.07) is 11.2. The predicted octanol–water partition coefficient (Wildman–Crippen LogP) is 5.33. The van der Waals surface area contributed by atoms with Gasteiger partial charge in [-0.15, -0.1) is 0 Å².